The first-order valence-corrected chi connectivity index (χ1v) is 6.01. The van der Waals surface area contributed by atoms with Gasteiger partial charge in [-0.1, -0.05) is 18.2 Å². The molecule has 0 aliphatic carbocycles. The normalized spacial score (nSPS) is 13.6. The van der Waals surface area contributed by atoms with E-state index in [0.717, 1.165) is 11.3 Å². The number of nitrogens with one attached hydrogen (secondary N) is 1. The van der Waals surface area contributed by atoms with E-state index in [1.54, 1.807) is 31.5 Å². The number of nitrogens with zero attached hydrogens (tertiary/aromatic N) is 1. The van der Waals surface area contributed by atoms with Gasteiger partial charge in [0.2, 0.25) is 0 Å². The molecule has 2 rings (SSSR count). The summed E-state index contributed by atoms with van der Waals surface area (Å²) in [5.74, 6) is -0.943. The summed E-state index contributed by atoms with van der Waals surface area (Å²) in [6.45, 7) is 3.60. The lowest BCUT2D eigenvalue weighted by molar-refractivity contribution is -0.142. The molecule has 4 nitrogen and oxygen atoms in total. The topological polar surface area (TPSA) is 62.2 Å². The monoisotopic (exact) mass is 256 g/mol. The SMILES string of the molecule is Cc1cccc(NC(C)(C(=O)O)c2cccnc2)c1. The number of aliphatic carboxylic acids is 1. The van der Waals surface area contributed by atoms with Gasteiger partial charge in [-0.3, -0.25) is 4.98 Å². The Kier molecular flexibility index (Phi) is 3.51. The molecule has 2 aromatic rings. The summed E-state index contributed by atoms with van der Waals surface area (Å²) in [5.41, 5.74) is 1.25. The molecule has 98 valence electrons. The minimum Gasteiger partial charge on any atom is -0.479 e. The molecule has 0 bridgehead atoms. The molecule has 0 radical (unpaired) electrons. The van der Waals surface area contributed by atoms with Crippen molar-refractivity contribution < 1.29 is 9.90 Å². The molecule has 1 unspecified atom stereocenters. The van der Waals surface area contributed by atoms with Crippen molar-refractivity contribution in [2.45, 2.75) is 19.4 Å². The zero-order valence-electron chi connectivity index (χ0n) is 10.9. The lowest BCUT2D eigenvalue weighted by atomic mass is 9.93. The van der Waals surface area contributed by atoms with E-state index in [2.05, 4.69) is 10.3 Å². The minimum atomic E-state index is -1.21. The smallest absolute Gasteiger partial charge is 0.333 e. The van der Waals surface area contributed by atoms with E-state index < -0.39 is 11.5 Å². The maximum absolute atomic E-state index is 11.6. The number of rotatable bonds is 4. The molecule has 0 amide bonds. The molecular formula is C15H16N2O2. The molecule has 4 heteroatoms. The highest BCUT2D eigenvalue weighted by Crippen LogP contribution is 2.26. The molecule has 1 aromatic carbocycles. The second-order valence-corrected chi connectivity index (χ2v) is 4.67. The molecule has 0 saturated carbocycles. The van der Waals surface area contributed by atoms with Gasteiger partial charge in [-0.15, -0.1) is 0 Å². The van der Waals surface area contributed by atoms with Crippen molar-refractivity contribution >= 4 is 11.7 Å². The third kappa shape index (κ3) is 2.73. The zero-order chi connectivity index (χ0) is 13.9. The molecule has 0 spiro atoms. The first-order chi connectivity index (χ1) is 9.02. The highest BCUT2D eigenvalue weighted by Gasteiger charge is 2.35. The first-order valence-electron chi connectivity index (χ1n) is 6.01. The van der Waals surface area contributed by atoms with Crippen LogP contribution in [0.3, 0.4) is 0 Å². The van der Waals surface area contributed by atoms with Crippen LogP contribution in [-0.4, -0.2) is 16.1 Å². The number of aromatic nitrogens is 1. The molecule has 1 heterocycles. The van der Waals surface area contributed by atoms with Crippen LogP contribution < -0.4 is 5.32 Å². The third-order valence-electron chi connectivity index (χ3n) is 3.08. The predicted molar refractivity (Wildman–Crippen MR) is 74.0 cm³/mol. The second kappa shape index (κ2) is 5.10. The Morgan fingerprint density at radius 3 is 2.68 bits per heavy atom. The number of carbonyl (C=O) groups is 1. The Balaban J connectivity index is 2.39. The number of carboxylic acid groups (broad SMARTS) is 1. The summed E-state index contributed by atoms with van der Waals surface area (Å²) in [6.07, 6.45) is 3.19. The highest BCUT2D eigenvalue weighted by atomic mass is 16.4. The molecule has 1 atom stereocenters. The van der Waals surface area contributed by atoms with Crippen molar-refractivity contribution in [1.29, 1.82) is 0 Å². The average molecular weight is 256 g/mol. The molecule has 0 fully saturated rings. The van der Waals surface area contributed by atoms with Gasteiger partial charge in [0.25, 0.3) is 0 Å². The number of hydrogen-bond acceptors (Lipinski definition) is 3. The molecule has 0 aliphatic rings. The van der Waals surface area contributed by atoms with Crippen molar-refractivity contribution in [2.75, 3.05) is 5.32 Å². The van der Waals surface area contributed by atoms with Crippen molar-refractivity contribution in [2.24, 2.45) is 0 Å². The van der Waals surface area contributed by atoms with Gasteiger partial charge in [-0.05, 0) is 37.6 Å². The Labute approximate surface area is 112 Å². The van der Waals surface area contributed by atoms with Gasteiger partial charge < -0.3 is 10.4 Å². The Hall–Kier alpha value is -2.36. The average Bonchev–Trinajstić information content (AvgIpc) is 2.39. The number of aryl methyl sites for hydroxylation is 1. The summed E-state index contributed by atoms with van der Waals surface area (Å²) in [6, 6.07) is 11.1. The summed E-state index contributed by atoms with van der Waals surface area (Å²) in [7, 11) is 0. The van der Waals surface area contributed by atoms with E-state index in [0.29, 0.717) is 5.56 Å². The summed E-state index contributed by atoms with van der Waals surface area (Å²) >= 11 is 0. The quantitative estimate of drug-likeness (QED) is 0.883. The van der Waals surface area contributed by atoms with Gasteiger partial charge in [-0.25, -0.2) is 4.79 Å². The first kappa shape index (κ1) is 13.1. The van der Waals surface area contributed by atoms with E-state index in [4.69, 9.17) is 0 Å². The number of pyridine rings is 1. The van der Waals surface area contributed by atoms with Gasteiger partial charge >= 0.3 is 5.97 Å². The standard InChI is InChI=1S/C15H16N2O2/c1-11-5-3-7-13(9-11)17-15(2,14(18)19)12-6-4-8-16-10-12/h3-10,17H,1-2H3,(H,18,19). The fraction of sp³-hybridized carbons (Fsp3) is 0.200. The van der Waals surface area contributed by atoms with E-state index >= 15 is 0 Å². The van der Waals surface area contributed by atoms with Gasteiger partial charge in [-0.2, -0.15) is 0 Å². The number of carboxylic acids is 1. The minimum absolute atomic E-state index is 0.615. The van der Waals surface area contributed by atoms with Crippen LogP contribution in [0, 0.1) is 6.92 Å². The Morgan fingerprint density at radius 2 is 2.11 bits per heavy atom. The van der Waals surface area contributed by atoms with Crippen LogP contribution in [0.5, 0.6) is 0 Å². The van der Waals surface area contributed by atoms with Crippen LogP contribution in [0.25, 0.3) is 0 Å². The fourth-order valence-corrected chi connectivity index (χ4v) is 1.92. The van der Waals surface area contributed by atoms with Crippen LogP contribution in [0.2, 0.25) is 0 Å². The number of benzene rings is 1. The molecule has 1 aromatic heterocycles. The number of anilines is 1. The summed E-state index contributed by atoms with van der Waals surface area (Å²) in [4.78, 5) is 15.6. The van der Waals surface area contributed by atoms with Crippen molar-refractivity contribution in [3.8, 4) is 0 Å². The van der Waals surface area contributed by atoms with E-state index in [1.807, 2.05) is 31.2 Å². The van der Waals surface area contributed by atoms with Crippen molar-refractivity contribution in [3.63, 3.8) is 0 Å². The molecule has 2 N–H and O–H groups in total. The molecule has 19 heavy (non-hydrogen) atoms. The van der Waals surface area contributed by atoms with Crippen LogP contribution in [0.15, 0.2) is 48.8 Å². The van der Waals surface area contributed by atoms with Crippen molar-refractivity contribution in [1.82, 2.24) is 4.98 Å². The van der Waals surface area contributed by atoms with Gasteiger partial charge in [0.15, 0.2) is 5.54 Å². The summed E-state index contributed by atoms with van der Waals surface area (Å²) < 4.78 is 0. The molecule has 0 saturated heterocycles. The van der Waals surface area contributed by atoms with Gasteiger partial charge in [0.1, 0.15) is 0 Å². The van der Waals surface area contributed by atoms with Crippen LogP contribution in [0.1, 0.15) is 18.1 Å². The Bertz CT molecular complexity index is 584. The zero-order valence-corrected chi connectivity index (χ0v) is 10.9. The lowest BCUT2D eigenvalue weighted by Gasteiger charge is -2.27. The van der Waals surface area contributed by atoms with Gasteiger partial charge in [0.05, 0.1) is 0 Å². The maximum atomic E-state index is 11.6. The maximum Gasteiger partial charge on any atom is 0.333 e. The van der Waals surface area contributed by atoms with Crippen LogP contribution in [0.4, 0.5) is 5.69 Å². The van der Waals surface area contributed by atoms with Gasteiger partial charge in [0, 0.05) is 23.6 Å². The third-order valence-corrected chi connectivity index (χ3v) is 3.08. The molecular weight excluding hydrogens is 240 g/mol. The Morgan fingerprint density at radius 1 is 1.32 bits per heavy atom. The van der Waals surface area contributed by atoms with E-state index in [1.165, 1.54) is 0 Å². The van der Waals surface area contributed by atoms with E-state index in [9.17, 15) is 9.90 Å². The van der Waals surface area contributed by atoms with Crippen LogP contribution >= 0.6 is 0 Å². The van der Waals surface area contributed by atoms with Crippen LogP contribution in [-0.2, 0) is 10.3 Å². The largest absolute Gasteiger partial charge is 0.479 e. The highest BCUT2D eigenvalue weighted by molar-refractivity contribution is 5.84. The lowest BCUT2D eigenvalue weighted by Crippen LogP contribution is -2.40. The molecule has 0 aliphatic heterocycles. The second-order valence-electron chi connectivity index (χ2n) is 4.67. The fourth-order valence-electron chi connectivity index (χ4n) is 1.92. The number of hydrogen-bond donors (Lipinski definition) is 2. The van der Waals surface area contributed by atoms with E-state index in [-0.39, 0.29) is 0 Å². The predicted octanol–water partition coefficient (Wildman–Crippen LogP) is 2.80. The summed E-state index contributed by atoms with van der Waals surface area (Å²) in [5, 5.41) is 12.6. The van der Waals surface area contributed by atoms with Crippen molar-refractivity contribution in [3.05, 3.63) is 59.9 Å².